The maximum absolute atomic E-state index is 10.2. The number of rotatable bonds is 9. The van der Waals surface area contributed by atoms with Crippen LogP contribution in [0.5, 0.6) is 5.75 Å². The summed E-state index contributed by atoms with van der Waals surface area (Å²) < 4.78 is 0.884. The maximum atomic E-state index is 10.2. The molecule has 4 N–H and O–H groups in total. The first-order chi connectivity index (χ1) is 10.9. The van der Waals surface area contributed by atoms with Gasteiger partial charge in [0.15, 0.2) is 0 Å². The van der Waals surface area contributed by atoms with Crippen LogP contribution in [0.4, 0.5) is 0 Å². The number of aromatic hydroxyl groups is 1. The molecule has 0 aromatic heterocycles. The zero-order valence-electron chi connectivity index (χ0n) is 13.3. The molecule has 1 aromatic carbocycles. The van der Waals surface area contributed by atoms with Crippen LogP contribution in [0.3, 0.4) is 0 Å². The van der Waals surface area contributed by atoms with Crippen molar-refractivity contribution in [3.05, 3.63) is 46.5 Å². The Hall–Kier alpha value is -1.14. The Bertz CT molecular complexity index is 542. The summed E-state index contributed by atoms with van der Waals surface area (Å²) in [5.41, 5.74) is 1.81. The van der Waals surface area contributed by atoms with Gasteiger partial charge in [-0.2, -0.15) is 0 Å². The van der Waals surface area contributed by atoms with Crippen molar-refractivity contribution in [3.8, 4) is 5.75 Å². The minimum atomic E-state index is -1.01. The largest absolute Gasteiger partial charge is 0.507 e. The molecule has 0 aliphatic carbocycles. The Kier molecular flexibility index (Phi) is 8.55. The molecule has 0 bridgehead atoms. The number of phenolic OH excluding ortho intramolecular Hbond substituents is 1. The van der Waals surface area contributed by atoms with E-state index in [0.29, 0.717) is 12.8 Å². The van der Waals surface area contributed by atoms with E-state index in [1.807, 2.05) is 19.1 Å². The molecule has 3 atom stereocenters. The van der Waals surface area contributed by atoms with Crippen LogP contribution in [-0.2, 0) is 0 Å². The molecule has 0 aliphatic rings. The molecule has 0 unspecified atom stereocenters. The fourth-order valence-electron chi connectivity index (χ4n) is 2.43. The Morgan fingerprint density at radius 2 is 2.00 bits per heavy atom. The molecule has 0 amide bonds. The molecule has 0 saturated heterocycles. The summed E-state index contributed by atoms with van der Waals surface area (Å²) in [6, 6.07) is 5.24. The van der Waals surface area contributed by atoms with E-state index in [0.717, 1.165) is 22.0 Å². The first-order valence-corrected chi connectivity index (χ1v) is 8.49. The number of phenols is 1. The van der Waals surface area contributed by atoms with E-state index in [4.69, 9.17) is 5.11 Å². The molecule has 1 rings (SSSR count). The van der Waals surface area contributed by atoms with Crippen LogP contribution in [0.25, 0.3) is 6.08 Å². The molecule has 0 aliphatic heterocycles. The van der Waals surface area contributed by atoms with Crippen molar-refractivity contribution in [1.82, 2.24) is 0 Å². The Labute approximate surface area is 145 Å². The lowest BCUT2D eigenvalue weighted by molar-refractivity contribution is 0.00211. The summed E-state index contributed by atoms with van der Waals surface area (Å²) in [5, 5.41) is 38.8. The highest BCUT2D eigenvalue weighted by atomic mass is 79.9. The predicted octanol–water partition coefficient (Wildman–Crippen LogP) is 3.24. The summed E-state index contributed by atoms with van der Waals surface area (Å²) in [6.45, 7) is 5.21. The van der Waals surface area contributed by atoms with Gasteiger partial charge in [-0.1, -0.05) is 40.6 Å². The summed E-state index contributed by atoms with van der Waals surface area (Å²) in [5.74, 6) is -0.350. The molecule has 0 heterocycles. The van der Waals surface area contributed by atoms with Gasteiger partial charge in [-0.15, -0.1) is 6.58 Å². The summed E-state index contributed by atoms with van der Waals surface area (Å²) in [7, 11) is 0. The molecule has 1 aromatic rings. The van der Waals surface area contributed by atoms with E-state index < -0.39 is 24.7 Å². The molecule has 4 nitrogen and oxygen atoms in total. The molecule has 0 saturated carbocycles. The number of hydrogen-bond acceptors (Lipinski definition) is 4. The highest BCUT2D eigenvalue weighted by Gasteiger charge is 2.23. The monoisotopic (exact) mass is 384 g/mol. The van der Waals surface area contributed by atoms with Gasteiger partial charge in [0.2, 0.25) is 0 Å². The van der Waals surface area contributed by atoms with Crippen molar-refractivity contribution in [1.29, 1.82) is 0 Å². The van der Waals surface area contributed by atoms with Crippen LogP contribution >= 0.6 is 15.9 Å². The van der Waals surface area contributed by atoms with Crippen LogP contribution in [0.15, 0.2) is 40.9 Å². The van der Waals surface area contributed by atoms with Gasteiger partial charge in [0.1, 0.15) is 5.75 Å². The van der Waals surface area contributed by atoms with Gasteiger partial charge in [-0.05, 0) is 37.5 Å². The van der Waals surface area contributed by atoms with E-state index in [1.165, 1.54) is 6.08 Å². The van der Waals surface area contributed by atoms with E-state index in [-0.39, 0.29) is 5.75 Å². The average molecular weight is 385 g/mol. The molecule has 23 heavy (non-hydrogen) atoms. The van der Waals surface area contributed by atoms with Crippen LogP contribution in [0, 0.1) is 5.92 Å². The lowest BCUT2D eigenvalue weighted by Crippen LogP contribution is -2.32. The number of aliphatic hydroxyl groups excluding tert-OH is 3. The Balaban J connectivity index is 2.78. The number of halogens is 1. The van der Waals surface area contributed by atoms with Crippen molar-refractivity contribution >= 4 is 22.0 Å². The van der Waals surface area contributed by atoms with E-state index in [9.17, 15) is 15.3 Å². The SMILES string of the molecule is C=C[C@@H]([C@H](O)CO)[C@H](O)CC/C(=C/c1cc(Br)ccc1O)CC. The fraction of sp³-hybridized carbons (Fsp3) is 0.444. The standard InChI is InChI=1S/C18H25BrO4/c1-3-12(9-13-10-14(19)6-8-16(13)21)5-7-17(22)15(4-2)18(23)11-20/h4,6,8-10,15,17-18,20-23H,2-3,5,7,11H2,1H3/b12-9+/t15-,17-,18-/m1/s1. The third-order valence-electron chi connectivity index (χ3n) is 3.91. The normalized spacial score (nSPS) is 16.0. The predicted molar refractivity (Wildman–Crippen MR) is 96.1 cm³/mol. The van der Waals surface area contributed by atoms with Crippen molar-refractivity contribution in [2.75, 3.05) is 6.61 Å². The van der Waals surface area contributed by atoms with Gasteiger partial charge >= 0.3 is 0 Å². The number of aliphatic hydroxyl groups is 3. The first-order valence-electron chi connectivity index (χ1n) is 7.70. The lowest BCUT2D eigenvalue weighted by Gasteiger charge is -2.23. The van der Waals surface area contributed by atoms with Gasteiger partial charge in [0, 0.05) is 16.0 Å². The Morgan fingerprint density at radius 3 is 2.57 bits per heavy atom. The van der Waals surface area contributed by atoms with Gasteiger partial charge < -0.3 is 20.4 Å². The summed E-state index contributed by atoms with van der Waals surface area (Å²) in [6.07, 6.45) is 3.47. The zero-order valence-corrected chi connectivity index (χ0v) is 14.9. The molecule has 0 radical (unpaired) electrons. The van der Waals surface area contributed by atoms with Gasteiger partial charge in [0.05, 0.1) is 18.8 Å². The van der Waals surface area contributed by atoms with Gasteiger partial charge in [-0.3, -0.25) is 0 Å². The minimum Gasteiger partial charge on any atom is -0.507 e. The second-order valence-electron chi connectivity index (χ2n) is 5.53. The van der Waals surface area contributed by atoms with Crippen LogP contribution in [0.1, 0.15) is 31.7 Å². The van der Waals surface area contributed by atoms with Gasteiger partial charge in [-0.25, -0.2) is 0 Å². The minimum absolute atomic E-state index is 0.208. The number of hydrogen-bond donors (Lipinski definition) is 4. The Morgan fingerprint density at radius 1 is 1.30 bits per heavy atom. The molecule has 0 fully saturated rings. The van der Waals surface area contributed by atoms with E-state index in [1.54, 1.807) is 12.1 Å². The molecular formula is C18H25BrO4. The molecular weight excluding hydrogens is 360 g/mol. The topological polar surface area (TPSA) is 80.9 Å². The molecule has 5 heteroatoms. The third kappa shape index (κ3) is 6.11. The van der Waals surface area contributed by atoms with Crippen LogP contribution in [-0.4, -0.2) is 39.2 Å². The van der Waals surface area contributed by atoms with E-state index in [2.05, 4.69) is 22.5 Å². The van der Waals surface area contributed by atoms with Gasteiger partial charge in [0.25, 0.3) is 0 Å². The summed E-state index contributed by atoms with van der Waals surface area (Å²) >= 11 is 3.38. The number of allylic oxidation sites excluding steroid dienone is 1. The maximum Gasteiger partial charge on any atom is 0.122 e. The smallest absolute Gasteiger partial charge is 0.122 e. The van der Waals surface area contributed by atoms with Crippen LogP contribution < -0.4 is 0 Å². The van der Waals surface area contributed by atoms with Crippen molar-refractivity contribution in [2.45, 2.75) is 38.4 Å². The van der Waals surface area contributed by atoms with Crippen molar-refractivity contribution in [2.24, 2.45) is 5.92 Å². The second kappa shape index (κ2) is 9.88. The van der Waals surface area contributed by atoms with Crippen molar-refractivity contribution < 1.29 is 20.4 Å². The van der Waals surface area contributed by atoms with Crippen LogP contribution in [0.2, 0.25) is 0 Å². The fourth-order valence-corrected chi connectivity index (χ4v) is 2.81. The highest BCUT2D eigenvalue weighted by molar-refractivity contribution is 9.10. The number of benzene rings is 1. The van der Waals surface area contributed by atoms with E-state index >= 15 is 0 Å². The summed E-state index contributed by atoms with van der Waals surface area (Å²) in [4.78, 5) is 0. The first kappa shape index (κ1) is 19.9. The molecule has 128 valence electrons. The lowest BCUT2D eigenvalue weighted by atomic mass is 9.91. The second-order valence-corrected chi connectivity index (χ2v) is 6.44. The molecule has 0 spiro atoms. The quantitative estimate of drug-likeness (QED) is 0.492. The average Bonchev–Trinajstić information content (AvgIpc) is 2.54. The zero-order chi connectivity index (χ0) is 17.4. The van der Waals surface area contributed by atoms with Crippen molar-refractivity contribution in [3.63, 3.8) is 0 Å². The third-order valence-corrected chi connectivity index (χ3v) is 4.41. The highest BCUT2D eigenvalue weighted by Crippen LogP contribution is 2.27.